The molecule has 0 aromatic carbocycles. The Kier molecular flexibility index (Phi) is 3.46. The zero-order chi connectivity index (χ0) is 18.2. The fourth-order valence-electron chi connectivity index (χ4n) is 6.10. The summed E-state index contributed by atoms with van der Waals surface area (Å²) < 4.78 is 0. The standard InChI is InChI=1S/C24H28O2/c1-13(2)4-6-17-22-19(25)12-14-5-7-15-16(21(14)23(17)22)10-11-24(3)18(15)8-9-20(24)26/h4,10-13,15,18,20,22-23,26H,5,7-9H2,1-3H3/t6?,15-,18+,20-,22?,23?,24+/m1/s1. The minimum absolute atomic E-state index is 0.0471. The highest BCUT2D eigenvalue weighted by atomic mass is 16.3. The highest BCUT2D eigenvalue weighted by Crippen LogP contribution is 2.63. The van der Waals surface area contributed by atoms with Crippen LogP contribution in [-0.2, 0) is 4.79 Å². The van der Waals surface area contributed by atoms with Crippen LogP contribution in [0.1, 0.15) is 46.5 Å². The first kappa shape index (κ1) is 16.5. The molecule has 0 spiro atoms. The fraction of sp³-hybridized carbons (Fsp3) is 0.583. The van der Waals surface area contributed by atoms with Crippen LogP contribution in [0.15, 0.2) is 52.3 Å². The predicted octanol–water partition coefficient (Wildman–Crippen LogP) is 4.53. The zero-order valence-corrected chi connectivity index (χ0v) is 16.0. The fourth-order valence-corrected chi connectivity index (χ4v) is 6.10. The summed E-state index contributed by atoms with van der Waals surface area (Å²) in [5, 5.41) is 10.5. The van der Waals surface area contributed by atoms with E-state index in [2.05, 4.69) is 44.7 Å². The number of ketones is 1. The number of fused-ring (bicyclic) bond motifs is 6. The molecule has 5 aliphatic carbocycles. The van der Waals surface area contributed by atoms with Gasteiger partial charge in [0, 0.05) is 11.3 Å². The summed E-state index contributed by atoms with van der Waals surface area (Å²) in [5.41, 5.74) is 8.76. The Hall–Kier alpha value is -1.63. The van der Waals surface area contributed by atoms with Gasteiger partial charge >= 0.3 is 0 Å². The number of aliphatic hydroxyl groups excluding tert-OH is 1. The van der Waals surface area contributed by atoms with Crippen LogP contribution in [0.3, 0.4) is 0 Å². The third kappa shape index (κ3) is 2.12. The second-order valence-electron chi connectivity index (χ2n) is 9.45. The van der Waals surface area contributed by atoms with Crippen LogP contribution in [0, 0.1) is 35.0 Å². The lowest BCUT2D eigenvalue weighted by atomic mass is 9.60. The van der Waals surface area contributed by atoms with Crippen molar-refractivity contribution in [1.82, 2.24) is 0 Å². The summed E-state index contributed by atoms with van der Waals surface area (Å²) in [7, 11) is 0. The maximum absolute atomic E-state index is 12.6. The normalized spacial score (nSPS) is 42.7. The molecule has 0 aliphatic heterocycles. The summed E-state index contributed by atoms with van der Waals surface area (Å²) in [6, 6.07) is 0. The number of carbonyl (C=O) groups is 1. The van der Waals surface area contributed by atoms with E-state index in [1.54, 1.807) is 0 Å². The number of carbonyl (C=O) groups excluding carboxylic acids is 1. The van der Waals surface area contributed by atoms with Crippen molar-refractivity contribution in [3.8, 4) is 0 Å². The van der Waals surface area contributed by atoms with Gasteiger partial charge in [0.15, 0.2) is 5.78 Å². The van der Waals surface area contributed by atoms with Crippen molar-refractivity contribution in [3.63, 3.8) is 0 Å². The van der Waals surface area contributed by atoms with Gasteiger partial charge in [0.2, 0.25) is 0 Å². The second kappa shape index (κ2) is 5.44. The minimum atomic E-state index is -0.210. The molecule has 5 rings (SSSR count). The molecule has 0 aromatic rings. The van der Waals surface area contributed by atoms with Crippen molar-refractivity contribution in [2.24, 2.45) is 35.0 Å². The SMILES string of the molecule is CC(C)C=C=C1C2C(=O)C=C3CC[C@@H]4C(=C3C12)C=C[C@]1(C)[C@H](O)CC[C@@H]41. The highest BCUT2D eigenvalue weighted by molar-refractivity contribution is 6.02. The molecule has 0 bridgehead atoms. The molecular weight excluding hydrogens is 320 g/mol. The van der Waals surface area contributed by atoms with Crippen molar-refractivity contribution in [2.45, 2.75) is 52.6 Å². The molecule has 0 heterocycles. The summed E-state index contributed by atoms with van der Waals surface area (Å²) in [4.78, 5) is 12.6. The zero-order valence-electron chi connectivity index (χ0n) is 16.0. The molecule has 5 aliphatic rings. The van der Waals surface area contributed by atoms with E-state index < -0.39 is 0 Å². The highest BCUT2D eigenvalue weighted by Gasteiger charge is 2.58. The molecule has 0 radical (unpaired) electrons. The Balaban J connectivity index is 1.63. The number of rotatable bonds is 1. The van der Waals surface area contributed by atoms with Crippen molar-refractivity contribution in [3.05, 3.63) is 52.3 Å². The van der Waals surface area contributed by atoms with Gasteiger partial charge in [-0.05, 0) is 77.9 Å². The quantitative estimate of drug-likeness (QED) is 0.707. The van der Waals surface area contributed by atoms with E-state index in [-0.39, 0.29) is 29.1 Å². The first-order chi connectivity index (χ1) is 12.4. The predicted molar refractivity (Wildman–Crippen MR) is 102 cm³/mol. The summed E-state index contributed by atoms with van der Waals surface area (Å²) >= 11 is 0. The van der Waals surface area contributed by atoms with Gasteiger partial charge in [0.1, 0.15) is 0 Å². The summed E-state index contributed by atoms with van der Waals surface area (Å²) in [5.74, 6) is 2.15. The van der Waals surface area contributed by atoms with Gasteiger partial charge in [-0.25, -0.2) is 0 Å². The smallest absolute Gasteiger partial charge is 0.164 e. The first-order valence-corrected chi connectivity index (χ1v) is 10.2. The number of allylic oxidation sites excluding steroid dienone is 6. The lowest BCUT2D eigenvalue weighted by Gasteiger charge is -2.44. The van der Waals surface area contributed by atoms with E-state index in [4.69, 9.17) is 0 Å². The van der Waals surface area contributed by atoms with E-state index in [0.717, 1.165) is 25.7 Å². The average Bonchev–Trinajstić information content (AvgIpc) is 3.25. The van der Waals surface area contributed by atoms with Crippen molar-refractivity contribution in [2.75, 3.05) is 0 Å². The molecule has 2 saturated carbocycles. The molecule has 1 N–H and O–H groups in total. The third-order valence-electron chi connectivity index (χ3n) is 7.57. The van der Waals surface area contributed by atoms with Crippen LogP contribution in [-0.4, -0.2) is 17.0 Å². The van der Waals surface area contributed by atoms with Gasteiger partial charge in [-0.1, -0.05) is 32.9 Å². The molecule has 136 valence electrons. The number of aliphatic hydroxyl groups is 1. The monoisotopic (exact) mass is 348 g/mol. The largest absolute Gasteiger partial charge is 0.392 e. The van der Waals surface area contributed by atoms with E-state index >= 15 is 0 Å². The Morgan fingerprint density at radius 2 is 2.08 bits per heavy atom. The van der Waals surface area contributed by atoms with E-state index in [1.165, 1.54) is 22.3 Å². The van der Waals surface area contributed by atoms with Gasteiger partial charge in [-0.3, -0.25) is 4.79 Å². The lowest BCUT2D eigenvalue weighted by molar-refractivity contribution is -0.115. The van der Waals surface area contributed by atoms with E-state index in [1.807, 2.05) is 6.08 Å². The Bertz CT molecular complexity index is 845. The van der Waals surface area contributed by atoms with Crippen molar-refractivity contribution in [1.29, 1.82) is 0 Å². The van der Waals surface area contributed by atoms with Gasteiger partial charge in [0.05, 0.1) is 12.0 Å². The van der Waals surface area contributed by atoms with Crippen LogP contribution >= 0.6 is 0 Å². The molecule has 2 unspecified atom stereocenters. The van der Waals surface area contributed by atoms with Gasteiger partial charge in [-0.15, -0.1) is 5.73 Å². The molecule has 6 atom stereocenters. The lowest BCUT2D eigenvalue weighted by Crippen LogP contribution is -2.39. The maximum atomic E-state index is 12.6. The second-order valence-corrected chi connectivity index (χ2v) is 9.45. The molecule has 2 heteroatoms. The molecule has 0 saturated heterocycles. The Morgan fingerprint density at radius 1 is 1.27 bits per heavy atom. The average molecular weight is 348 g/mol. The summed E-state index contributed by atoms with van der Waals surface area (Å²) in [6.07, 6.45) is 12.6. The molecule has 26 heavy (non-hydrogen) atoms. The molecule has 0 aromatic heterocycles. The van der Waals surface area contributed by atoms with Gasteiger partial charge in [-0.2, -0.15) is 0 Å². The topological polar surface area (TPSA) is 37.3 Å². The number of hydrogen-bond acceptors (Lipinski definition) is 2. The minimum Gasteiger partial charge on any atom is -0.392 e. The third-order valence-corrected chi connectivity index (χ3v) is 7.57. The van der Waals surface area contributed by atoms with Gasteiger partial charge < -0.3 is 5.11 Å². The van der Waals surface area contributed by atoms with E-state index in [0.29, 0.717) is 17.8 Å². The van der Waals surface area contributed by atoms with Crippen LogP contribution in [0.2, 0.25) is 0 Å². The number of hydrogen-bond donors (Lipinski definition) is 1. The van der Waals surface area contributed by atoms with Crippen molar-refractivity contribution < 1.29 is 9.90 Å². The van der Waals surface area contributed by atoms with Gasteiger partial charge in [0.25, 0.3) is 0 Å². The molecule has 2 nitrogen and oxygen atoms in total. The Morgan fingerprint density at radius 3 is 2.85 bits per heavy atom. The van der Waals surface area contributed by atoms with E-state index in [9.17, 15) is 9.90 Å². The maximum Gasteiger partial charge on any atom is 0.164 e. The van der Waals surface area contributed by atoms with Crippen LogP contribution in [0.25, 0.3) is 0 Å². The molecule has 2 fully saturated rings. The Labute approximate surface area is 156 Å². The van der Waals surface area contributed by atoms with Crippen LogP contribution in [0.4, 0.5) is 0 Å². The summed E-state index contributed by atoms with van der Waals surface area (Å²) in [6.45, 7) is 6.54. The van der Waals surface area contributed by atoms with Crippen LogP contribution in [0.5, 0.6) is 0 Å². The van der Waals surface area contributed by atoms with Crippen LogP contribution < -0.4 is 0 Å². The molecule has 0 amide bonds. The first-order valence-electron chi connectivity index (χ1n) is 10.2. The van der Waals surface area contributed by atoms with Crippen molar-refractivity contribution >= 4 is 5.78 Å². The molecular formula is C24H28O2.